The molecule has 0 radical (unpaired) electrons. The Morgan fingerprint density at radius 1 is 1.21 bits per heavy atom. The molecule has 1 unspecified atom stereocenters. The summed E-state index contributed by atoms with van der Waals surface area (Å²) in [5.74, 6) is 6.67. The second-order valence-corrected chi connectivity index (χ2v) is 4.24. The number of rotatable bonds is 7. The predicted octanol–water partition coefficient (Wildman–Crippen LogP) is 2.61. The van der Waals surface area contributed by atoms with Crippen LogP contribution in [0.2, 0.25) is 0 Å². The average Bonchev–Trinajstić information content (AvgIpc) is 2.45. The molecule has 0 amide bonds. The molecule has 1 atom stereocenters. The number of aliphatic hydroxyl groups excluding tert-OH is 1. The maximum absolute atomic E-state index is 8.63. The lowest BCUT2D eigenvalue weighted by molar-refractivity contribution is 0.0427. The summed E-state index contributed by atoms with van der Waals surface area (Å²) in [5.41, 5.74) is 0.927. The van der Waals surface area contributed by atoms with Crippen LogP contribution < -0.4 is 4.74 Å². The van der Waals surface area contributed by atoms with Crippen LogP contribution in [0.15, 0.2) is 24.3 Å². The van der Waals surface area contributed by atoms with Crippen molar-refractivity contribution in [2.75, 3.05) is 19.8 Å². The van der Waals surface area contributed by atoms with Crippen LogP contribution in [0, 0.1) is 11.8 Å². The van der Waals surface area contributed by atoms with E-state index in [-0.39, 0.29) is 12.7 Å². The van der Waals surface area contributed by atoms with Gasteiger partial charge in [-0.25, -0.2) is 0 Å². The highest BCUT2D eigenvalue weighted by Gasteiger charge is 1.98. The Morgan fingerprint density at radius 3 is 2.58 bits per heavy atom. The van der Waals surface area contributed by atoms with Crippen LogP contribution in [0.1, 0.15) is 32.3 Å². The van der Waals surface area contributed by atoms with Gasteiger partial charge in [0.15, 0.2) is 0 Å². The zero-order valence-electron chi connectivity index (χ0n) is 11.7. The average molecular weight is 262 g/mol. The highest BCUT2D eigenvalue weighted by atomic mass is 16.5. The summed E-state index contributed by atoms with van der Waals surface area (Å²) in [6, 6.07) is 7.61. The third-order valence-electron chi connectivity index (χ3n) is 2.65. The van der Waals surface area contributed by atoms with Crippen molar-refractivity contribution < 1.29 is 14.6 Å². The monoisotopic (exact) mass is 262 g/mol. The van der Waals surface area contributed by atoms with Crippen molar-refractivity contribution in [2.45, 2.75) is 32.8 Å². The zero-order chi connectivity index (χ0) is 13.9. The van der Waals surface area contributed by atoms with Gasteiger partial charge >= 0.3 is 0 Å². The molecule has 0 fully saturated rings. The molecule has 0 saturated heterocycles. The van der Waals surface area contributed by atoms with Gasteiger partial charge in [0.25, 0.3) is 0 Å². The first-order valence-corrected chi connectivity index (χ1v) is 6.70. The van der Waals surface area contributed by atoms with Gasteiger partial charge in [-0.15, -0.1) is 0 Å². The van der Waals surface area contributed by atoms with Crippen molar-refractivity contribution >= 4 is 0 Å². The lowest BCUT2D eigenvalue weighted by atomic mass is 10.2. The summed E-state index contributed by atoms with van der Waals surface area (Å²) in [4.78, 5) is 0. The van der Waals surface area contributed by atoms with Gasteiger partial charge in [-0.3, -0.25) is 0 Å². The Balaban J connectivity index is 2.31. The van der Waals surface area contributed by atoms with Gasteiger partial charge in [0.1, 0.15) is 12.4 Å². The first-order chi connectivity index (χ1) is 9.26. The minimum atomic E-state index is 0.102. The van der Waals surface area contributed by atoms with Gasteiger partial charge < -0.3 is 14.6 Å². The summed E-state index contributed by atoms with van der Waals surface area (Å²) in [6.07, 6.45) is 1.81. The predicted molar refractivity (Wildman–Crippen MR) is 76.2 cm³/mol. The molecular formula is C16H22O3. The van der Waals surface area contributed by atoms with Crippen molar-refractivity contribution in [1.29, 1.82) is 0 Å². The molecule has 0 aliphatic heterocycles. The SMILES string of the molecule is CCC(C)OCCOc1ccc(C#CCCO)cc1. The highest BCUT2D eigenvalue weighted by molar-refractivity contribution is 5.38. The molecule has 1 aromatic carbocycles. The molecule has 1 aromatic rings. The van der Waals surface area contributed by atoms with Crippen LogP contribution >= 0.6 is 0 Å². The molecule has 1 rings (SSSR count). The molecule has 3 nitrogen and oxygen atoms in total. The number of hydrogen-bond donors (Lipinski definition) is 1. The molecule has 0 heterocycles. The van der Waals surface area contributed by atoms with E-state index >= 15 is 0 Å². The third kappa shape index (κ3) is 6.85. The maximum Gasteiger partial charge on any atom is 0.119 e. The second kappa shape index (κ2) is 9.43. The van der Waals surface area contributed by atoms with Gasteiger partial charge in [0, 0.05) is 12.0 Å². The van der Waals surface area contributed by atoms with Crippen molar-refractivity contribution in [3.05, 3.63) is 29.8 Å². The molecular weight excluding hydrogens is 240 g/mol. The first-order valence-electron chi connectivity index (χ1n) is 6.70. The number of hydrogen-bond acceptors (Lipinski definition) is 3. The zero-order valence-corrected chi connectivity index (χ0v) is 11.7. The second-order valence-electron chi connectivity index (χ2n) is 4.24. The molecule has 0 spiro atoms. The summed E-state index contributed by atoms with van der Waals surface area (Å²) in [6.45, 7) is 5.42. The van der Waals surface area contributed by atoms with Crippen LogP contribution in [0.4, 0.5) is 0 Å². The van der Waals surface area contributed by atoms with E-state index in [0.29, 0.717) is 19.6 Å². The molecule has 0 bridgehead atoms. The smallest absolute Gasteiger partial charge is 0.119 e. The van der Waals surface area contributed by atoms with E-state index < -0.39 is 0 Å². The molecule has 0 aliphatic rings. The minimum absolute atomic E-state index is 0.102. The van der Waals surface area contributed by atoms with Crippen LogP contribution in [0.5, 0.6) is 5.75 Å². The normalized spacial score (nSPS) is 11.5. The van der Waals surface area contributed by atoms with Crippen molar-refractivity contribution in [3.8, 4) is 17.6 Å². The Kier molecular flexibility index (Phi) is 7.72. The number of aliphatic hydroxyl groups is 1. The van der Waals surface area contributed by atoms with Gasteiger partial charge in [-0.1, -0.05) is 18.8 Å². The number of benzene rings is 1. The lowest BCUT2D eigenvalue weighted by Crippen LogP contribution is -2.13. The quantitative estimate of drug-likeness (QED) is 0.606. The summed E-state index contributed by atoms with van der Waals surface area (Å²) < 4.78 is 11.1. The van der Waals surface area contributed by atoms with E-state index in [0.717, 1.165) is 17.7 Å². The standard InChI is InChI=1S/C16H22O3/c1-3-14(2)18-12-13-19-16-9-7-15(8-10-16)6-4-5-11-17/h7-10,14,17H,3,5,11-13H2,1-2H3. The fourth-order valence-corrected chi connectivity index (χ4v) is 1.38. The molecule has 0 aromatic heterocycles. The summed E-state index contributed by atoms with van der Waals surface area (Å²) in [7, 11) is 0. The lowest BCUT2D eigenvalue weighted by Gasteiger charge is -2.11. The topological polar surface area (TPSA) is 38.7 Å². The molecule has 0 aliphatic carbocycles. The molecule has 3 heteroatoms. The molecule has 1 N–H and O–H groups in total. The molecule has 0 saturated carbocycles. The van der Waals surface area contributed by atoms with Gasteiger partial charge in [0.05, 0.1) is 19.3 Å². The van der Waals surface area contributed by atoms with Crippen molar-refractivity contribution in [2.24, 2.45) is 0 Å². The summed E-state index contributed by atoms with van der Waals surface area (Å²) in [5, 5.41) is 8.63. The molecule has 104 valence electrons. The van der Waals surface area contributed by atoms with E-state index in [1.807, 2.05) is 24.3 Å². The van der Waals surface area contributed by atoms with Gasteiger partial charge in [-0.2, -0.15) is 0 Å². The largest absolute Gasteiger partial charge is 0.491 e. The molecule has 19 heavy (non-hydrogen) atoms. The van der Waals surface area contributed by atoms with Crippen LogP contribution in [0.3, 0.4) is 0 Å². The third-order valence-corrected chi connectivity index (χ3v) is 2.65. The van der Waals surface area contributed by atoms with Crippen LogP contribution in [-0.2, 0) is 4.74 Å². The Morgan fingerprint density at radius 2 is 1.95 bits per heavy atom. The van der Waals surface area contributed by atoms with E-state index in [1.165, 1.54) is 0 Å². The first kappa shape index (κ1) is 15.6. The summed E-state index contributed by atoms with van der Waals surface area (Å²) >= 11 is 0. The van der Waals surface area contributed by atoms with Crippen LogP contribution in [0.25, 0.3) is 0 Å². The van der Waals surface area contributed by atoms with E-state index in [4.69, 9.17) is 14.6 Å². The minimum Gasteiger partial charge on any atom is -0.491 e. The Labute approximate surface area is 115 Å². The van der Waals surface area contributed by atoms with Crippen molar-refractivity contribution in [3.63, 3.8) is 0 Å². The Hall–Kier alpha value is -1.50. The maximum atomic E-state index is 8.63. The fraction of sp³-hybridized carbons (Fsp3) is 0.500. The van der Waals surface area contributed by atoms with Gasteiger partial charge in [-0.05, 0) is 37.6 Å². The number of ether oxygens (including phenoxy) is 2. The van der Waals surface area contributed by atoms with Crippen LogP contribution in [-0.4, -0.2) is 31.0 Å². The van der Waals surface area contributed by atoms with Gasteiger partial charge in [0.2, 0.25) is 0 Å². The van der Waals surface area contributed by atoms with Crippen molar-refractivity contribution in [1.82, 2.24) is 0 Å². The fourth-order valence-electron chi connectivity index (χ4n) is 1.38. The Bertz CT molecular complexity index is 400. The van der Waals surface area contributed by atoms with E-state index in [9.17, 15) is 0 Å². The highest BCUT2D eigenvalue weighted by Crippen LogP contribution is 2.11. The van der Waals surface area contributed by atoms with E-state index in [2.05, 4.69) is 25.7 Å². The van der Waals surface area contributed by atoms with E-state index in [1.54, 1.807) is 0 Å².